The van der Waals surface area contributed by atoms with Crippen LogP contribution in [-0.4, -0.2) is 39.1 Å². The van der Waals surface area contributed by atoms with Gasteiger partial charge in [-0.25, -0.2) is 4.98 Å². The van der Waals surface area contributed by atoms with Crippen LogP contribution in [0.5, 0.6) is 0 Å². The van der Waals surface area contributed by atoms with Gasteiger partial charge in [0.05, 0.1) is 17.5 Å². The van der Waals surface area contributed by atoms with E-state index in [1.54, 1.807) is 0 Å². The summed E-state index contributed by atoms with van der Waals surface area (Å²) in [7, 11) is 2.07. The largest absolute Gasteiger partial charge is 0.334 e. The van der Waals surface area contributed by atoms with Gasteiger partial charge >= 0.3 is 0 Å². The molecule has 4 nitrogen and oxygen atoms in total. The fourth-order valence-corrected chi connectivity index (χ4v) is 3.92. The Bertz CT molecular complexity index is 845. The smallest absolute Gasteiger partial charge is 0.115 e. The van der Waals surface area contributed by atoms with Gasteiger partial charge in [-0.05, 0) is 45.0 Å². The molecule has 2 aromatic heterocycles. The second-order valence-corrected chi connectivity index (χ2v) is 7.10. The molecule has 1 fully saturated rings. The Balaban J connectivity index is 1.72. The zero-order valence-electron chi connectivity index (χ0n) is 15.2. The normalized spacial score (nSPS) is 16.6. The van der Waals surface area contributed by atoms with E-state index in [2.05, 4.69) is 58.8 Å². The van der Waals surface area contributed by atoms with Crippen LogP contribution in [0.2, 0.25) is 0 Å². The van der Waals surface area contributed by atoms with E-state index in [9.17, 15) is 0 Å². The molecular weight excluding hydrogens is 308 g/mol. The van der Waals surface area contributed by atoms with Crippen molar-refractivity contribution in [3.05, 3.63) is 48.4 Å². The van der Waals surface area contributed by atoms with Crippen molar-refractivity contribution in [2.45, 2.75) is 32.1 Å². The van der Waals surface area contributed by atoms with Crippen LogP contribution in [-0.2, 0) is 7.05 Å². The molecule has 25 heavy (non-hydrogen) atoms. The molecule has 1 aliphatic heterocycles. The molecule has 0 unspecified atom stereocenters. The van der Waals surface area contributed by atoms with Gasteiger partial charge in [0, 0.05) is 24.2 Å². The summed E-state index contributed by atoms with van der Waals surface area (Å²) in [5.74, 6) is 0.551. The number of hydrogen-bond donors (Lipinski definition) is 0. The number of imidazole rings is 1. The Morgan fingerprint density at radius 3 is 2.60 bits per heavy atom. The molecule has 0 bridgehead atoms. The maximum absolute atomic E-state index is 5.08. The molecule has 0 aliphatic carbocycles. The number of likely N-dealkylation sites (tertiary alicyclic amines) is 1. The van der Waals surface area contributed by atoms with E-state index in [0.29, 0.717) is 5.92 Å². The van der Waals surface area contributed by atoms with E-state index >= 15 is 0 Å². The van der Waals surface area contributed by atoms with E-state index in [1.807, 2.05) is 12.4 Å². The lowest BCUT2D eigenvalue weighted by molar-refractivity contribution is 0.211. The van der Waals surface area contributed by atoms with Gasteiger partial charge in [-0.15, -0.1) is 0 Å². The SMILES string of the molecule is CCCN1CCC(c2cc3c(ncn3C)c(-c3ccccc3)n2)CC1. The molecule has 4 rings (SSSR count). The van der Waals surface area contributed by atoms with Crippen LogP contribution in [0.4, 0.5) is 0 Å². The minimum Gasteiger partial charge on any atom is -0.334 e. The molecule has 130 valence electrons. The molecule has 0 atom stereocenters. The Hall–Kier alpha value is -2.20. The van der Waals surface area contributed by atoms with Gasteiger partial charge in [0.25, 0.3) is 0 Å². The van der Waals surface area contributed by atoms with Crippen LogP contribution in [0.25, 0.3) is 22.3 Å². The number of aromatic nitrogens is 3. The van der Waals surface area contributed by atoms with Gasteiger partial charge in [0.1, 0.15) is 5.52 Å². The van der Waals surface area contributed by atoms with Gasteiger partial charge in [-0.3, -0.25) is 4.98 Å². The highest BCUT2D eigenvalue weighted by Gasteiger charge is 2.23. The lowest BCUT2D eigenvalue weighted by atomic mass is 9.92. The van der Waals surface area contributed by atoms with Gasteiger partial charge in [0.2, 0.25) is 0 Å². The summed E-state index contributed by atoms with van der Waals surface area (Å²) in [4.78, 5) is 12.3. The number of nitrogens with zero attached hydrogens (tertiary/aromatic N) is 4. The van der Waals surface area contributed by atoms with Crippen LogP contribution >= 0.6 is 0 Å². The predicted molar refractivity (Wildman–Crippen MR) is 103 cm³/mol. The zero-order chi connectivity index (χ0) is 17.2. The molecule has 1 aliphatic rings. The minimum atomic E-state index is 0.551. The van der Waals surface area contributed by atoms with Gasteiger partial charge in [-0.1, -0.05) is 37.3 Å². The summed E-state index contributed by atoms with van der Waals surface area (Å²) in [5, 5.41) is 0. The first-order valence-corrected chi connectivity index (χ1v) is 9.36. The maximum atomic E-state index is 5.08. The van der Waals surface area contributed by atoms with Gasteiger partial charge in [0.15, 0.2) is 0 Å². The van der Waals surface area contributed by atoms with Crippen molar-refractivity contribution in [2.24, 2.45) is 7.05 Å². The Kier molecular flexibility index (Phi) is 4.53. The molecule has 0 N–H and O–H groups in total. The molecule has 0 amide bonds. The number of fused-ring (bicyclic) bond motifs is 1. The molecule has 1 saturated heterocycles. The van der Waals surface area contributed by atoms with Gasteiger partial charge < -0.3 is 9.47 Å². The fourth-order valence-electron chi connectivity index (χ4n) is 3.92. The van der Waals surface area contributed by atoms with Crippen LogP contribution in [0, 0.1) is 0 Å². The summed E-state index contributed by atoms with van der Waals surface area (Å²) >= 11 is 0. The highest BCUT2D eigenvalue weighted by atomic mass is 15.1. The summed E-state index contributed by atoms with van der Waals surface area (Å²) < 4.78 is 2.11. The first-order valence-electron chi connectivity index (χ1n) is 9.36. The molecule has 4 heteroatoms. The number of piperidine rings is 1. The highest BCUT2D eigenvalue weighted by Crippen LogP contribution is 2.32. The molecule has 0 spiro atoms. The highest BCUT2D eigenvalue weighted by molar-refractivity contribution is 5.90. The third-order valence-corrected chi connectivity index (χ3v) is 5.33. The molecule has 3 heterocycles. The number of hydrogen-bond acceptors (Lipinski definition) is 3. The van der Waals surface area contributed by atoms with Crippen molar-refractivity contribution >= 4 is 11.0 Å². The number of aryl methyl sites for hydroxylation is 1. The van der Waals surface area contributed by atoms with E-state index in [-0.39, 0.29) is 0 Å². The summed E-state index contributed by atoms with van der Waals surface area (Å²) in [6.07, 6.45) is 5.53. The summed E-state index contributed by atoms with van der Waals surface area (Å²) in [6, 6.07) is 12.7. The number of benzene rings is 1. The average molecular weight is 334 g/mol. The quantitative estimate of drug-likeness (QED) is 0.716. The third-order valence-electron chi connectivity index (χ3n) is 5.33. The van der Waals surface area contributed by atoms with E-state index in [1.165, 1.54) is 50.1 Å². The zero-order valence-corrected chi connectivity index (χ0v) is 15.2. The molecular formula is C21H26N4. The van der Waals surface area contributed by atoms with E-state index in [0.717, 1.165) is 16.8 Å². The number of rotatable bonds is 4. The predicted octanol–water partition coefficient (Wildman–Crippen LogP) is 4.22. The lowest BCUT2D eigenvalue weighted by Crippen LogP contribution is -2.33. The molecule has 0 radical (unpaired) electrons. The summed E-state index contributed by atoms with van der Waals surface area (Å²) in [5.41, 5.74) is 5.58. The first-order chi connectivity index (χ1) is 12.3. The van der Waals surface area contributed by atoms with Crippen molar-refractivity contribution in [1.82, 2.24) is 19.4 Å². The lowest BCUT2D eigenvalue weighted by Gasteiger charge is -2.31. The Labute approximate surface area is 149 Å². The summed E-state index contributed by atoms with van der Waals surface area (Å²) in [6.45, 7) is 5.85. The van der Waals surface area contributed by atoms with Crippen LogP contribution in [0.1, 0.15) is 37.8 Å². The van der Waals surface area contributed by atoms with Crippen molar-refractivity contribution in [3.8, 4) is 11.3 Å². The van der Waals surface area contributed by atoms with Crippen molar-refractivity contribution in [1.29, 1.82) is 0 Å². The second-order valence-electron chi connectivity index (χ2n) is 7.10. The number of pyridine rings is 1. The van der Waals surface area contributed by atoms with Crippen molar-refractivity contribution in [3.63, 3.8) is 0 Å². The first kappa shape index (κ1) is 16.3. The standard InChI is InChI=1S/C21H26N4/c1-3-11-25-12-9-16(10-13-25)18-14-19-21(22-15-24(19)2)20(23-18)17-7-5-4-6-8-17/h4-8,14-16H,3,9-13H2,1-2H3. The van der Waals surface area contributed by atoms with Crippen LogP contribution < -0.4 is 0 Å². The molecule has 0 saturated carbocycles. The van der Waals surface area contributed by atoms with E-state index < -0.39 is 0 Å². The Morgan fingerprint density at radius 2 is 1.88 bits per heavy atom. The van der Waals surface area contributed by atoms with E-state index in [4.69, 9.17) is 4.98 Å². The average Bonchev–Trinajstić information content (AvgIpc) is 3.04. The minimum absolute atomic E-state index is 0.551. The Morgan fingerprint density at radius 1 is 1.12 bits per heavy atom. The van der Waals surface area contributed by atoms with Gasteiger partial charge in [-0.2, -0.15) is 0 Å². The topological polar surface area (TPSA) is 34.0 Å². The van der Waals surface area contributed by atoms with Crippen molar-refractivity contribution < 1.29 is 0 Å². The van der Waals surface area contributed by atoms with Crippen LogP contribution in [0.3, 0.4) is 0 Å². The fraction of sp³-hybridized carbons (Fsp3) is 0.429. The molecule has 1 aromatic carbocycles. The third kappa shape index (κ3) is 3.19. The van der Waals surface area contributed by atoms with Crippen LogP contribution in [0.15, 0.2) is 42.7 Å². The second kappa shape index (κ2) is 6.96. The maximum Gasteiger partial charge on any atom is 0.115 e. The monoisotopic (exact) mass is 334 g/mol. The molecule has 3 aromatic rings. The van der Waals surface area contributed by atoms with Crippen molar-refractivity contribution in [2.75, 3.05) is 19.6 Å².